The summed E-state index contributed by atoms with van der Waals surface area (Å²) in [5.74, 6) is -1.06. The first-order valence-corrected chi connectivity index (χ1v) is 10.4. The number of methoxy groups -OCH3 is 1. The van der Waals surface area contributed by atoms with E-state index in [9.17, 15) is 14.7 Å². The number of carbonyl (C=O) groups is 2. The minimum absolute atomic E-state index is 0.0567. The van der Waals surface area contributed by atoms with Crippen LogP contribution >= 0.6 is 0 Å². The first kappa shape index (κ1) is 20.4. The van der Waals surface area contributed by atoms with Crippen LogP contribution in [0.15, 0.2) is 48.5 Å². The van der Waals surface area contributed by atoms with Gasteiger partial charge in [0.05, 0.1) is 6.10 Å². The Labute approximate surface area is 176 Å². The van der Waals surface area contributed by atoms with Crippen molar-refractivity contribution in [3.05, 3.63) is 59.7 Å². The van der Waals surface area contributed by atoms with E-state index in [2.05, 4.69) is 24.3 Å². The van der Waals surface area contributed by atoms with Gasteiger partial charge in [-0.2, -0.15) is 0 Å². The largest absolute Gasteiger partial charge is 0.479 e. The van der Waals surface area contributed by atoms with E-state index in [1.165, 1.54) is 4.90 Å². The monoisotopic (exact) mass is 409 g/mol. The number of aliphatic carboxylic acids is 1. The van der Waals surface area contributed by atoms with Crippen LogP contribution in [-0.2, 0) is 14.3 Å². The molecule has 6 heteroatoms. The standard InChI is InChI=1S/C24H27NO5/c1-3-12-25(24(22(26)27)13-16(14-24)29-2)23(28)30-15-21-19-10-6-4-8-17(19)18-9-5-7-11-20(18)21/h4-11,16,21H,3,12-15H2,1-2H3,(H,26,27). The molecule has 1 fully saturated rings. The van der Waals surface area contributed by atoms with Crippen LogP contribution in [0.5, 0.6) is 0 Å². The Morgan fingerprint density at radius 2 is 1.63 bits per heavy atom. The van der Waals surface area contributed by atoms with Crippen LogP contribution < -0.4 is 0 Å². The molecule has 0 aliphatic heterocycles. The van der Waals surface area contributed by atoms with Crippen LogP contribution in [0.4, 0.5) is 4.79 Å². The third kappa shape index (κ3) is 3.25. The molecule has 30 heavy (non-hydrogen) atoms. The second-order valence-electron chi connectivity index (χ2n) is 8.06. The van der Waals surface area contributed by atoms with Crippen molar-refractivity contribution in [2.75, 3.05) is 20.3 Å². The van der Waals surface area contributed by atoms with Gasteiger partial charge >= 0.3 is 12.1 Å². The third-order valence-corrected chi connectivity index (χ3v) is 6.38. The fourth-order valence-electron chi connectivity index (χ4n) is 4.75. The molecular weight excluding hydrogens is 382 g/mol. The molecule has 1 N–H and O–H groups in total. The molecule has 2 aliphatic carbocycles. The summed E-state index contributed by atoms with van der Waals surface area (Å²) in [6, 6.07) is 16.3. The Bertz CT molecular complexity index is 905. The Balaban J connectivity index is 1.54. The maximum atomic E-state index is 13.1. The third-order valence-electron chi connectivity index (χ3n) is 6.38. The van der Waals surface area contributed by atoms with Gasteiger partial charge in [0, 0.05) is 32.4 Å². The van der Waals surface area contributed by atoms with Crippen LogP contribution in [0.2, 0.25) is 0 Å². The van der Waals surface area contributed by atoms with Crippen molar-refractivity contribution in [2.24, 2.45) is 0 Å². The Hall–Kier alpha value is -2.86. The van der Waals surface area contributed by atoms with Crippen LogP contribution in [0.1, 0.15) is 43.2 Å². The number of carbonyl (C=O) groups excluding carboxylic acids is 1. The normalized spacial score (nSPS) is 22.0. The van der Waals surface area contributed by atoms with Crippen molar-refractivity contribution in [1.82, 2.24) is 4.90 Å². The van der Waals surface area contributed by atoms with Crippen molar-refractivity contribution >= 4 is 12.1 Å². The smallest absolute Gasteiger partial charge is 0.410 e. The molecule has 0 aromatic heterocycles. The lowest BCUT2D eigenvalue weighted by atomic mass is 9.72. The van der Waals surface area contributed by atoms with E-state index in [1.807, 2.05) is 31.2 Å². The summed E-state index contributed by atoms with van der Waals surface area (Å²) in [5, 5.41) is 9.88. The van der Waals surface area contributed by atoms with Gasteiger partial charge in [0.2, 0.25) is 0 Å². The number of amides is 1. The molecule has 4 rings (SSSR count). The number of nitrogens with zero attached hydrogens (tertiary/aromatic N) is 1. The highest BCUT2D eigenvalue weighted by molar-refractivity contribution is 5.86. The predicted octanol–water partition coefficient (Wildman–Crippen LogP) is 4.28. The zero-order valence-electron chi connectivity index (χ0n) is 17.3. The molecule has 2 aromatic carbocycles. The first-order valence-electron chi connectivity index (χ1n) is 10.4. The maximum Gasteiger partial charge on any atom is 0.410 e. The van der Waals surface area contributed by atoms with Crippen LogP contribution in [0, 0.1) is 0 Å². The van der Waals surface area contributed by atoms with Crippen LogP contribution in [0.25, 0.3) is 11.1 Å². The summed E-state index contributed by atoms with van der Waals surface area (Å²) in [7, 11) is 1.56. The second kappa shape index (κ2) is 8.11. The summed E-state index contributed by atoms with van der Waals surface area (Å²) in [6.45, 7) is 2.43. The lowest BCUT2D eigenvalue weighted by Gasteiger charge is -2.49. The minimum Gasteiger partial charge on any atom is -0.479 e. The topological polar surface area (TPSA) is 76.1 Å². The van der Waals surface area contributed by atoms with E-state index in [0.717, 1.165) is 22.3 Å². The highest BCUT2D eigenvalue weighted by Gasteiger charge is 2.57. The van der Waals surface area contributed by atoms with Gasteiger partial charge in [-0.1, -0.05) is 55.5 Å². The molecule has 0 bridgehead atoms. The zero-order valence-corrected chi connectivity index (χ0v) is 17.3. The molecule has 1 amide bonds. The summed E-state index contributed by atoms with van der Waals surface area (Å²) in [5.41, 5.74) is 3.32. The van der Waals surface area contributed by atoms with E-state index < -0.39 is 17.6 Å². The molecule has 0 spiro atoms. The number of hydrogen-bond donors (Lipinski definition) is 1. The van der Waals surface area contributed by atoms with Gasteiger partial charge in [-0.05, 0) is 28.7 Å². The van der Waals surface area contributed by atoms with Crippen molar-refractivity contribution in [1.29, 1.82) is 0 Å². The number of carboxylic acids is 1. The molecular formula is C24H27NO5. The zero-order chi connectivity index (χ0) is 21.3. The second-order valence-corrected chi connectivity index (χ2v) is 8.06. The van der Waals surface area contributed by atoms with Crippen molar-refractivity contribution in [3.8, 4) is 11.1 Å². The van der Waals surface area contributed by atoms with Gasteiger partial charge in [-0.15, -0.1) is 0 Å². The fourth-order valence-corrected chi connectivity index (χ4v) is 4.75. The van der Waals surface area contributed by atoms with Gasteiger partial charge in [-0.25, -0.2) is 9.59 Å². The Morgan fingerprint density at radius 1 is 1.07 bits per heavy atom. The summed E-state index contributed by atoms with van der Waals surface area (Å²) >= 11 is 0. The van der Waals surface area contributed by atoms with E-state index in [1.54, 1.807) is 7.11 Å². The molecule has 0 heterocycles. The van der Waals surface area contributed by atoms with E-state index >= 15 is 0 Å². The number of ether oxygens (including phenoxy) is 2. The molecule has 6 nitrogen and oxygen atoms in total. The lowest BCUT2D eigenvalue weighted by Crippen LogP contribution is -2.66. The Morgan fingerprint density at radius 3 is 2.13 bits per heavy atom. The number of hydrogen-bond acceptors (Lipinski definition) is 4. The number of fused-ring (bicyclic) bond motifs is 3. The van der Waals surface area contributed by atoms with Gasteiger partial charge in [0.1, 0.15) is 12.1 Å². The van der Waals surface area contributed by atoms with Gasteiger partial charge in [0.15, 0.2) is 0 Å². The minimum atomic E-state index is -1.25. The molecule has 158 valence electrons. The van der Waals surface area contributed by atoms with Crippen molar-refractivity contribution < 1.29 is 24.2 Å². The molecule has 2 aliphatic rings. The summed E-state index contributed by atoms with van der Waals surface area (Å²) in [4.78, 5) is 26.5. The Kier molecular flexibility index (Phi) is 5.52. The van der Waals surface area contributed by atoms with E-state index in [-0.39, 0.29) is 31.5 Å². The maximum absolute atomic E-state index is 13.1. The van der Waals surface area contributed by atoms with Crippen molar-refractivity contribution in [3.63, 3.8) is 0 Å². The fraction of sp³-hybridized carbons (Fsp3) is 0.417. The molecule has 0 atom stereocenters. The van der Waals surface area contributed by atoms with Crippen LogP contribution in [0.3, 0.4) is 0 Å². The first-order chi connectivity index (χ1) is 14.5. The lowest BCUT2D eigenvalue weighted by molar-refractivity contribution is -0.168. The van der Waals surface area contributed by atoms with Crippen LogP contribution in [-0.4, -0.2) is 54.0 Å². The van der Waals surface area contributed by atoms with Gasteiger partial charge in [-0.3, -0.25) is 4.90 Å². The predicted molar refractivity (Wildman–Crippen MR) is 112 cm³/mol. The molecule has 0 saturated heterocycles. The number of benzene rings is 2. The highest BCUT2D eigenvalue weighted by Crippen LogP contribution is 2.45. The average molecular weight is 409 g/mol. The quantitative estimate of drug-likeness (QED) is 0.739. The number of rotatable bonds is 7. The number of carboxylic acid groups (broad SMARTS) is 1. The molecule has 1 saturated carbocycles. The molecule has 0 unspecified atom stereocenters. The molecule has 0 radical (unpaired) electrons. The summed E-state index contributed by atoms with van der Waals surface area (Å²) in [6.07, 6.45) is 0.487. The van der Waals surface area contributed by atoms with Gasteiger partial charge in [0.25, 0.3) is 0 Å². The van der Waals surface area contributed by atoms with E-state index in [0.29, 0.717) is 13.0 Å². The van der Waals surface area contributed by atoms with E-state index in [4.69, 9.17) is 9.47 Å². The average Bonchev–Trinajstić information content (AvgIpc) is 3.04. The van der Waals surface area contributed by atoms with Gasteiger partial charge < -0.3 is 14.6 Å². The SMILES string of the molecule is CCCN(C(=O)OCC1c2ccccc2-c2ccccc21)C1(C(=O)O)CC(OC)C1. The summed E-state index contributed by atoms with van der Waals surface area (Å²) < 4.78 is 11.0. The molecule has 2 aromatic rings. The highest BCUT2D eigenvalue weighted by atomic mass is 16.6. The van der Waals surface area contributed by atoms with Crippen molar-refractivity contribution in [2.45, 2.75) is 43.7 Å².